The summed E-state index contributed by atoms with van der Waals surface area (Å²) in [5.74, 6) is -0.0697. The third kappa shape index (κ3) is 2.36. The molecule has 3 rings (SSSR count). The first kappa shape index (κ1) is 14.6. The van der Waals surface area contributed by atoms with Gasteiger partial charge < -0.3 is 0 Å². The minimum atomic E-state index is -0.133. The van der Waals surface area contributed by atoms with E-state index in [1.54, 1.807) is 24.3 Å². The molecule has 0 unspecified atom stereocenters. The van der Waals surface area contributed by atoms with E-state index in [9.17, 15) is 9.36 Å². The SMILES string of the molecule is Cc1cc2ccccc2c(C)c1C(=O)c1ccccc1P=O. The van der Waals surface area contributed by atoms with E-state index in [2.05, 4.69) is 0 Å². The van der Waals surface area contributed by atoms with Crippen LogP contribution >= 0.6 is 8.46 Å². The smallest absolute Gasteiger partial charge is 0.194 e. The van der Waals surface area contributed by atoms with Gasteiger partial charge in [0.1, 0.15) is 0 Å². The van der Waals surface area contributed by atoms with Gasteiger partial charge in [-0.3, -0.25) is 9.36 Å². The Balaban J connectivity index is 2.26. The molecule has 2 nitrogen and oxygen atoms in total. The van der Waals surface area contributed by atoms with Gasteiger partial charge in [0.05, 0.1) is 5.30 Å². The molecule has 0 N–H and O–H groups in total. The Morgan fingerprint density at radius 2 is 1.64 bits per heavy atom. The molecule has 22 heavy (non-hydrogen) atoms. The lowest BCUT2D eigenvalue weighted by molar-refractivity contribution is 0.103. The second-order valence-electron chi connectivity index (χ2n) is 5.35. The molecule has 0 aliphatic carbocycles. The van der Waals surface area contributed by atoms with E-state index in [0.29, 0.717) is 16.4 Å². The standard InChI is InChI=1S/C19H15O2P/c1-12-11-14-7-3-4-8-15(14)13(2)18(12)19(20)16-9-5-6-10-17(16)22-21/h3-11H,1-2H3. The number of benzene rings is 3. The van der Waals surface area contributed by atoms with Crippen LogP contribution in [0.3, 0.4) is 0 Å². The zero-order valence-electron chi connectivity index (χ0n) is 12.5. The van der Waals surface area contributed by atoms with Crippen molar-refractivity contribution in [2.24, 2.45) is 0 Å². The van der Waals surface area contributed by atoms with Gasteiger partial charge in [0.2, 0.25) is 0 Å². The Morgan fingerprint density at radius 3 is 2.41 bits per heavy atom. The Bertz CT molecular complexity index is 897. The van der Waals surface area contributed by atoms with Crippen LogP contribution in [0.15, 0.2) is 54.6 Å². The maximum atomic E-state index is 13.0. The fourth-order valence-corrected chi connectivity index (χ4v) is 3.35. The third-order valence-corrected chi connectivity index (χ3v) is 4.57. The van der Waals surface area contributed by atoms with Gasteiger partial charge in [-0.2, -0.15) is 0 Å². The molecular formula is C19H15O2P. The topological polar surface area (TPSA) is 34.1 Å². The predicted molar refractivity (Wildman–Crippen MR) is 90.5 cm³/mol. The normalized spacial score (nSPS) is 11.0. The summed E-state index contributed by atoms with van der Waals surface area (Å²) in [7, 11) is -0.133. The van der Waals surface area contributed by atoms with Crippen molar-refractivity contribution in [3.63, 3.8) is 0 Å². The van der Waals surface area contributed by atoms with E-state index in [1.807, 2.05) is 44.2 Å². The number of carbonyl (C=O) groups excluding carboxylic acids is 1. The van der Waals surface area contributed by atoms with Gasteiger partial charge in [-0.1, -0.05) is 42.5 Å². The Kier molecular flexibility index (Phi) is 3.87. The fourth-order valence-electron chi connectivity index (χ4n) is 2.93. The van der Waals surface area contributed by atoms with Crippen LogP contribution in [-0.4, -0.2) is 5.78 Å². The fraction of sp³-hybridized carbons (Fsp3) is 0.105. The van der Waals surface area contributed by atoms with E-state index in [4.69, 9.17) is 0 Å². The molecule has 0 aromatic heterocycles. The molecular weight excluding hydrogens is 291 g/mol. The molecule has 3 aromatic carbocycles. The first-order valence-electron chi connectivity index (χ1n) is 7.09. The average molecular weight is 306 g/mol. The van der Waals surface area contributed by atoms with Crippen molar-refractivity contribution in [3.05, 3.63) is 76.9 Å². The molecule has 0 fully saturated rings. The van der Waals surface area contributed by atoms with Gasteiger partial charge in [-0.15, -0.1) is 0 Å². The minimum Gasteiger partial charge on any atom is -0.289 e. The summed E-state index contributed by atoms with van der Waals surface area (Å²) < 4.78 is 11.3. The summed E-state index contributed by atoms with van der Waals surface area (Å²) in [6.07, 6.45) is 0. The van der Waals surface area contributed by atoms with Crippen molar-refractivity contribution in [1.82, 2.24) is 0 Å². The number of aryl methyl sites for hydroxylation is 2. The number of carbonyl (C=O) groups is 1. The van der Waals surface area contributed by atoms with Gasteiger partial charge in [-0.05, 0) is 47.9 Å². The summed E-state index contributed by atoms with van der Waals surface area (Å²) in [4.78, 5) is 13.0. The highest BCUT2D eigenvalue weighted by Crippen LogP contribution is 2.27. The van der Waals surface area contributed by atoms with E-state index in [1.165, 1.54) is 0 Å². The number of rotatable bonds is 3. The molecule has 0 bridgehead atoms. The van der Waals surface area contributed by atoms with Crippen molar-refractivity contribution in [2.45, 2.75) is 13.8 Å². The molecule has 3 aromatic rings. The summed E-state index contributed by atoms with van der Waals surface area (Å²) in [5.41, 5.74) is 3.12. The monoisotopic (exact) mass is 306 g/mol. The zero-order chi connectivity index (χ0) is 15.7. The van der Waals surface area contributed by atoms with Gasteiger partial charge in [0.15, 0.2) is 14.2 Å². The van der Waals surface area contributed by atoms with Crippen LogP contribution in [0, 0.1) is 13.8 Å². The molecule has 0 saturated heterocycles. The summed E-state index contributed by atoms with van der Waals surface area (Å²) in [6, 6.07) is 17.1. The lowest BCUT2D eigenvalue weighted by Crippen LogP contribution is -2.14. The van der Waals surface area contributed by atoms with Crippen molar-refractivity contribution in [2.75, 3.05) is 0 Å². The first-order chi connectivity index (χ1) is 10.6. The number of hydrogen-bond acceptors (Lipinski definition) is 2. The molecule has 0 atom stereocenters. The van der Waals surface area contributed by atoms with Crippen LogP contribution in [0.2, 0.25) is 0 Å². The maximum absolute atomic E-state index is 13.0. The molecule has 3 heteroatoms. The van der Waals surface area contributed by atoms with Crippen LogP contribution in [0.1, 0.15) is 27.0 Å². The zero-order valence-corrected chi connectivity index (χ0v) is 13.4. The molecule has 0 aliphatic rings. The van der Waals surface area contributed by atoms with Crippen LogP contribution in [0.4, 0.5) is 0 Å². The lowest BCUT2D eigenvalue weighted by Gasteiger charge is -2.13. The van der Waals surface area contributed by atoms with E-state index in [-0.39, 0.29) is 14.2 Å². The Hall–Kier alpha value is -2.31. The largest absolute Gasteiger partial charge is 0.289 e. The quantitative estimate of drug-likeness (QED) is 0.523. The van der Waals surface area contributed by atoms with Crippen molar-refractivity contribution in [3.8, 4) is 0 Å². The Morgan fingerprint density at radius 1 is 0.955 bits per heavy atom. The molecule has 0 heterocycles. The van der Waals surface area contributed by atoms with E-state index >= 15 is 0 Å². The van der Waals surface area contributed by atoms with Gasteiger partial charge in [0, 0.05) is 11.1 Å². The van der Waals surface area contributed by atoms with Crippen molar-refractivity contribution >= 4 is 30.3 Å². The van der Waals surface area contributed by atoms with Gasteiger partial charge in [0.25, 0.3) is 0 Å². The highest BCUT2D eigenvalue weighted by Gasteiger charge is 2.19. The summed E-state index contributed by atoms with van der Waals surface area (Å²) >= 11 is 0. The van der Waals surface area contributed by atoms with E-state index in [0.717, 1.165) is 21.9 Å². The summed E-state index contributed by atoms with van der Waals surface area (Å²) in [6.45, 7) is 3.92. The molecule has 0 aliphatic heterocycles. The third-order valence-electron chi connectivity index (χ3n) is 3.98. The lowest BCUT2D eigenvalue weighted by atomic mass is 9.90. The highest BCUT2D eigenvalue weighted by atomic mass is 31.1. The molecule has 0 amide bonds. The summed E-state index contributed by atoms with van der Waals surface area (Å²) in [5, 5.41) is 2.73. The van der Waals surface area contributed by atoms with Gasteiger partial charge in [-0.25, -0.2) is 0 Å². The number of ketones is 1. The maximum Gasteiger partial charge on any atom is 0.194 e. The molecule has 0 spiro atoms. The molecule has 0 radical (unpaired) electrons. The average Bonchev–Trinajstić information content (AvgIpc) is 2.54. The van der Waals surface area contributed by atoms with Crippen LogP contribution < -0.4 is 5.30 Å². The van der Waals surface area contributed by atoms with Crippen molar-refractivity contribution < 1.29 is 9.36 Å². The van der Waals surface area contributed by atoms with Crippen LogP contribution in [0.25, 0.3) is 10.8 Å². The van der Waals surface area contributed by atoms with E-state index < -0.39 is 0 Å². The van der Waals surface area contributed by atoms with Crippen molar-refractivity contribution in [1.29, 1.82) is 0 Å². The van der Waals surface area contributed by atoms with Crippen LogP contribution in [-0.2, 0) is 4.57 Å². The molecule has 0 saturated carbocycles. The predicted octanol–water partition coefficient (Wildman–Crippen LogP) is 4.60. The minimum absolute atomic E-state index is 0.0697. The first-order valence-corrected chi connectivity index (χ1v) is 7.90. The Labute approximate surface area is 131 Å². The number of fused-ring (bicyclic) bond motifs is 1. The van der Waals surface area contributed by atoms with Crippen LogP contribution in [0.5, 0.6) is 0 Å². The second-order valence-corrected chi connectivity index (χ2v) is 6.02. The molecule has 108 valence electrons. The number of hydrogen-bond donors (Lipinski definition) is 0. The second kappa shape index (κ2) is 5.82. The highest BCUT2D eigenvalue weighted by molar-refractivity contribution is 7.34. The van der Waals surface area contributed by atoms with Gasteiger partial charge >= 0.3 is 0 Å².